The van der Waals surface area contributed by atoms with Crippen LogP contribution in [0.3, 0.4) is 0 Å². The Kier molecular flexibility index (Phi) is 5.10. The predicted octanol–water partition coefficient (Wildman–Crippen LogP) is 2.79. The van der Waals surface area contributed by atoms with E-state index in [0.717, 1.165) is 46.2 Å². The van der Waals surface area contributed by atoms with Gasteiger partial charge in [0.2, 0.25) is 0 Å². The minimum atomic E-state index is -0.338. The number of benzene rings is 2. The highest BCUT2D eigenvalue weighted by atomic mass is 16.5. The second-order valence-electron chi connectivity index (χ2n) is 5.94. The van der Waals surface area contributed by atoms with Gasteiger partial charge >= 0.3 is 0 Å². The number of ether oxygens (including phenoxy) is 2. The molecule has 0 unspecified atom stereocenters. The summed E-state index contributed by atoms with van der Waals surface area (Å²) in [6, 6.07) is 14.1. The third-order valence-corrected chi connectivity index (χ3v) is 4.47. The van der Waals surface area contributed by atoms with E-state index in [9.17, 15) is 14.9 Å². The van der Waals surface area contributed by atoms with Crippen molar-refractivity contribution in [3.8, 4) is 6.07 Å². The van der Waals surface area contributed by atoms with Gasteiger partial charge < -0.3 is 9.47 Å². The van der Waals surface area contributed by atoms with Gasteiger partial charge in [0.1, 0.15) is 13.2 Å². The Morgan fingerprint density at radius 2 is 1.40 bits per heavy atom. The fourth-order valence-electron chi connectivity index (χ4n) is 3.33. The van der Waals surface area contributed by atoms with E-state index in [1.54, 1.807) is 0 Å². The summed E-state index contributed by atoms with van der Waals surface area (Å²) < 4.78 is 9.64. The molecule has 0 spiro atoms. The highest BCUT2D eigenvalue weighted by Crippen LogP contribution is 2.35. The number of carbonyl (C=O) groups excluding carboxylic acids is 2. The van der Waals surface area contributed by atoms with Gasteiger partial charge in [-0.1, -0.05) is 36.4 Å². The smallest absolute Gasteiger partial charge is 0.293 e. The zero-order valence-electron chi connectivity index (χ0n) is 13.6. The highest BCUT2D eigenvalue weighted by Gasteiger charge is 2.24. The summed E-state index contributed by atoms with van der Waals surface area (Å²) in [5.74, 6) is -0.338. The van der Waals surface area contributed by atoms with Crippen molar-refractivity contribution < 1.29 is 19.1 Å². The minimum absolute atomic E-state index is 0.230. The lowest BCUT2D eigenvalue weighted by molar-refractivity contribution is -0.130. The van der Waals surface area contributed by atoms with Gasteiger partial charge in [-0.3, -0.25) is 9.59 Å². The summed E-state index contributed by atoms with van der Waals surface area (Å²) in [4.78, 5) is 20.8. The molecule has 0 bridgehead atoms. The van der Waals surface area contributed by atoms with E-state index in [0.29, 0.717) is 12.9 Å². The van der Waals surface area contributed by atoms with Crippen molar-refractivity contribution in [2.75, 3.05) is 0 Å². The molecule has 2 aromatic rings. The first-order chi connectivity index (χ1) is 12.3. The molecule has 2 aromatic carbocycles. The van der Waals surface area contributed by atoms with Gasteiger partial charge in [0.15, 0.2) is 0 Å². The molecule has 0 radical (unpaired) electrons. The molecular formula is C20H17NO4. The van der Waals surface area contributed by atoms with E-state index in [1.165, 1.54) is 0 Å². The molecule has 1 aliphatic rings. The van der Waals surface area contributed by atoms with E-state index in [2.05, 4.69) is 6.07 Å². The van der Waals surface area contributed by atoms with Crippen LogP contribution in [0.4, 0.5) is 0 Å². The second-order valence-corrected chi connectivity index (χ2v) is 5.94. The Hall–Kier alpha value is -3.13. The number of aryl methyl sites for hydroxylation is 2. The van der Waals surface area contributed by atoms with Gasteiger partial charge in [-0.2, -0.15) is 5.26 Å². The molecule has 25 heavy (non-hydrogen) atoms. The summed E-state index contributed by atoms with van der Waals surface area (Å²) in [5, 5.41) is 9.74. The SMILES string of the molecule is N#CC1c2ccc(COC=O)cc2CCc2cc(COC=O)ccc21. The molecule has 0 aliphatic heterocycles. The Morgan fingerprint density at radius 1 is 0.920 bits per heavy atom. The number of carbonyl (C=O) groups is 2. The van der Waals surface area contributed by atoms with Crippen LogP contribution in [-0.4, -0.2) is 12.9 Å². The minimum Gasteiger partial charge on any atom is -0.463 e. The van der Waals surface area contributed by atoms with Crippen molar-refractivity contribution in [3.63, 3.8) is 0 Å². The van der Waals surface area contributed by atoms with Crippen LogP contribution in [0.15, 0.2) is 36.4 Å². The fourth-order valence-corrected chi connectivity index (χ4v) is 3.33. The Bertz CT molecular complexity index is 775. The average molecular weight is 335 g/mol. The Balaban J connectivity index is 1.96. The lowest BCUT2D eigenvalue weighted by Gasteiger charge is -2.15. The number of nitriles is 1. The maximum atomic E-state index is 10.4. The zero-order chi connectivity index (χ0) is 17.6. The van der Waals surface area contributed by atoms with Crippen molar-refractivity contribution in [2.45, 2.75) is 32.0 Å². The van der Waals surface area contributed by atoms with E-state index in [-0.39, 0.29) is 19.1 Å². The molecule has 5 heteroatoms. The van der Waals surface area contributed by atoms with Gasteiger partial charge in [-0.25, -0.2) is 0 Å². The van der Waals surface area contributed by atoms with Crippen molar-refractivity contribution in [3.05, 3.63) is 69.8 Å². The van der Waals surface area contributed by atoms with E-state index in [1.807, 2.05) is 36.4 Å². The van der Waals surface area contributed by atoms with Gasteiger partial charge in [0.05, 0.1) is 12.0 Å². The Labute approximate surface area is 145 Å². The monoisotopic (exact) mass is 335 g/mol. The molecule has 3 rings (SSSR count). The summed E-state index contributed by atoms with van der Waals surface area (Å²) >= 11 is 0. The topological polar surface area (TPSA) is 76.4 Å². The molecule has 0 atom stereocenters. The largest absolute Gasteiger partial charge is 0.463 e. The number of hydrogen-bond acceptors (Lipinski definition) is 5. The van der Waals surface area contributed by atoms with Crippen LogP contribution in [0.5, 0.6) is 0 Å². The molecule has 0 fully saturated rings. The van der Waals surface area contributed by atoms with Gasteiger partial charge in [0.25, 0.3) is 12.9 Å². The summed E-state index contributed by atoms with van der Waals surface area (Å²) in [6.07, 6.45) is 1.60. The molecule has 5 nitrogen and oxygen atoms in total. The quantitative estimate of drug-likeness (QED) is 0.759. The molecule has 0 saturated carbocycles. The second kappa shape index (κ2) is 7.63. The average Bonchev–Trinajstić information content (AvgIpc) is 2.80. The van der Waals surface area contributed by atoms with E-state index >= 15 is 0 Å². The molecule has 0 saturated heterocycles. The van der Waals surface area contributed by atoms with E-state index in [4.69, 9.17) is 9.47 Å². The van der Waals surface area contributed by atoms with Crippen molar-refractivity contribution in [1.29, 1.82) is 5.26 Å². The van der Waals surface area contributed by atoms with Gasteiger partial charge in [0, 0.05) is 0 Å². The molecular weight excluding hydrogens is 318 g/mol. The third kappa shape index (κ3) is 3.53. The summed E-state index contributed by atoms with van der Waals surface area (Å²) in [5.41, 5.74) is 6.00. The van der Waals surface area contributed by atoms with Crippen LogP contribution < -0.4 is 0 Å². The number of hydrogen-bond donors (Lipinski definition) is 0. The maximum absolute atomic E-state index is 10.4. The standard InChI is InChI=1S/C20H17NO4/c21-9-20-18-5-1-14(10-24-12-22)7-16(18)3-4-17-8-15(11-25-13-23)2-6-19(17)20/h1-2,5-8,12-13,20H,3-4,10-11H2. The van der Waals surface area contributed by atoms with Crippen LogP contribution in [0.1, 0.15) is 39.3 Å². The van der Waals surface area contributed by atoms with Crippen molar-refractivity contribution >= 4 is 12.9 Å². The number of rotatable bonds is 6. The number of fused-ring (bicyclic) bond motifs is 2. The number of nitrogens with zero attached hydrogens (tertiary/aromatic N) is 1. The fraction of sp³-hybridized carbons (Fsp3) is 0.250. The molecule has 1 aliphatic carbocycles. The lowest BCUT2D eigenvalue weighted by atomic mass is 9.88. The summed E-state index contributed by atoms with van der Waals surface area (Å²) in [6.45, 7) is 1.33. The highest BCUT2D eigenvalue weighted by molar-refractivity contribution is 5.50. The maximum Gasteiger partial charge on any atom is 0.293 e. The molecule has 0 amide bonds. The normalized spacial score (nSPS) is 12.9. The molecule has 0 heterocycles. The first kappa shape index (κ1) is 16.7. The lowest BCUT2D eigenvalue weighted by Crippen LogP contribution is -2.03. The van der Waals surface area contributed by atoms with E-state index < -0.39 is 0 Å². The van der Waals surface area contributed by atoms with Crippen molar-refractivity contribution in [2.24, 2.45) is 0 Å². The van der Waals surface area contributed by atoms with Gasteiger partial charge in [-0.05, 0) is 46.2 Å². The first-order valence-corrected chi connectivity index (χ1v) is 8.00. The van der Waals surface area contributed by atoms with Crippen LogP contribution in [0.2, 0.25) is 0 Å². The zero-order valence-corrected chi connectivity index (χ0v) is 13.6. The van der Waals surface area contributed by atoms with Crippen LogP contribution in [-0.2, 0) is 45.1 Å². The Morgan fingerprint density at radius 3 is 1.80 bits per heavy atom. The predicted molar refractivity (Wildman–Crippen MR) is 89.5 cm³/mol. The van der Waals surface area contributed by atoms with Crippen LogP contribution in [0.25, 0.3) is 0 Å². The van der Waals surface area contributed by atoms with Crippen molar-refractivity contribution in [1.82, 2.24) is 0 Å². The molecule has 126 valence electrons. The third-order valence-electron chi connectivity index (χ3n) is 4.47. The molecule has 0 aromatic heterocycles. The first-order valence-electron chi connectivity index (χ1n) is 8.00. The van der Waals surface area contributed by atoms with Crippen LogP contribution >= 0.6 is 0 Å². The van der Waals surface area contributed by atoms with Crippen LogP contribution in [0, 0.1) is 11.3 Å². The molecule has 0 N–H and O–H groups in total. The summed E-state index contributed by atoms with van der Waals surface area (Å²) in [7, 11) is 0. The van der Waals surface area contributed by atoms with Gasteiger partial charge in [-0.15, -0.1) is 0 Å².